The fourth-order valence-corrected chi connectivity index (χ4v) is 1.91. The zero-order valence-electron chi connectivity index (χ0n) is 11.3. The van der Waals surface area contributed by atoms with Crippen molar-refractivity contribution in [1.82, 2.24) is 9.78 Å². The fraction of sp³-hybridized carbons (Fsp3) is 0.357. The Morgan fingerprint density at radius 3 is 2.61 bits per heavy atom. The predicted octanol–water partition coefficient (Wildman–Crippen LogP) is 2.76. The molecule has 2 rings (SSSR count). The van der Waals surface area contributed by atoms with Gasteiger partial charge in [0, 0.05) is 18.2 Å². The number of nitrogen functional groups attached to an aromatic ring is 1. The van der Waals surface area contributed by atoms with Gasteiger partial charge in [0.1, 0.15) is 11.6 Å². The maximum Gasteiger partial charge on any atom is 0.124 e. The van der Waals surface area contributed by atoms with Crippen LogP contribution in [0, 0.1) is 6.92 Å². The lowest BCUT2D eigenvalue weighted by Gasteiger charge is -2.10. The molecule has 0 saturated carbocycles. The van der Waals surface area contributed by atoms with Gasteiger partial charge >= 0.3 is 0 Å². The SMILES string of the molecule is Cc1c(-c2cccc(OC(C)C)c2)nn(C)c1N. The third kappa shape index (κ3) is 2.32. The van der Waals surface area contributed by atoms with Crippen molar-refractivity contribution >= 4 is 5.82 Å². The Hall–Kier alpha value is -1.97. The number of hydrogen-bond donors (Lipinski definition) is 1. The Labute approximate surface area is 107 Å². The molecule has 2 aromatic rings. The number of ether oxygens (including phenoxy) is 1. The third-order valence-corrected chi connectivity index (χ3v) is 2.82. The van der Waals surface area contributed by atoms with E-state index in [1.54, 1.807) is 4.68 Å². The standard InChI is InChI=1S/C14H19N3O/c1-9(2)18-12-7-5-6-11(8-12)13-10(3)14(15)17(4)16-13/h5-9H,15H2,1-4H3. The molecule has 0 atom stereocenters. The second-order valence-corrected chi connectivity index (χ2v) is 4.68. The average molecular weight is 245 g/mol. The molecule has 0 amide bonds. The number of benzene rings is 1. The molecule has 0 bridgehead atoms. The molecule has 4 nitrogen and oxygen atoms in total. The van der Waals surface area contributed by atoms with E-state index in [2.05, 4.69) is 5.10 Å². The molecule has 18 heavy (non-hydrogen) atoms. The van der Waals surface area contributed by atoms with Gasteiger partial charge in [0.15, 0.2) is 0 Å². The lowest BCUT2D eigenvalue weighted by Crippen LogP contribution is -2.05. The lowest BCUT2D eigenvalue weighted by atomic mass is 10.1. The second-order valence-electron chi connectivity index (χ2n) is 4.68. The number of anilines is 1. The van der Waals surface area contributed by atoms with Crippen LogP contribution in [0.3, 0.4) is 0 Å². The minimum atomic E-state index is 0.162. The Balaban J connectivity index is 2.41. The zero-order chi connectivity index (χ0) is 13.3. The highest BCUT2D eigenvalue weighted by molar-refractivity contribution is 5.69. The minimum absolute atomic E-state index is 0.162. The van der Waals surface area contributed by atoms with Crippen LogP contribution in [0.15, 0.2) is 24.3 Å². The Morgan fingerprint density at radius 2 is 2.06 bits per heavy atom. The summed E-state index contributed by atoms with van der Waals surface area (Å²) >= 11 is 0. The van der Waals surface area contributed by atoms with Crippen LogP contribution in [0.25, 0.3) is 11.3 Å². The van der Waals surface area contributed by atoms with Crippen LogP contribution < -0.4 is 10.5 Å². The van der Waals surface area contributed by atoms with Crippen LogP contribution in [-0.4, -0.2) is 15.9 Å². The van der Waals surface area contributed by atoms with E-state index in [0.29, 0.717) is 5.82 Å². The van der Waals surface area contributed by atoms with E-state index < -0.39 is 0 Å². The maximum atomic E-state index is 5.93. The van der Waals surface area contributed by atoms with E-state index in [4.69, 9.17) is 10.5 Å². The monoisotopic (exact) mass is 245 g/mol. The van der Waals surface area contributed by atoms with Gasteiger partial charge in [0.2, 0.25) is 0 Å². The third-order valence-electron chi connectivity index (χ3n) is 2.82. The Kier molecular flexibility index (Phi) is 3.28. The van der Waals surface area contributed by atoms with Gasteiger partial charge in [0.25, 0.3) is 0 Å². The van der Waals surface area contributed by atoms with Crippen molar-refractivity contribution in [2.45, 2.75) is 26.9 Å². The first-order valence-corrected chi connectivity index (χ1v) is 6.05. The summed E-state index contributed by atoms with van der Waals surface area (Å²) in [7, 11) is 1.85. The molecule has 0 aliphatic heterocycles. The summed E-state index contributed by atoms with van der Waals surface area (Å²) < 4.78 is 7.38. The highest BCUT2D eigenvalue weighted by Gasteiger charge is 2.12. The molecule has 0 aliphatic carbocycles. The van der Waals surface area contributed by atoms with Crippen molar-refractivity contribution in [2.75, 3.05) is 5.73 Å². The molecule has 1 aromatic carbocycles. The minimum Gasteiger partial charge on any atom is -0.491 e. The van der Waals surface area contributed by atoms with Crippen LogP contribution in [0.2, 0.25) is 0 Å². The first-order chi connectivity index (χ1) is 8.49. The molecular weight excluding hydrogens is 226 g/mol. The van der Waals surface area contributed by atoms with Crippen molar-refractivity contribution in [3.63, 3.8) is 0 Å². The Bertz CT molecular complexity index is 558. The topological polar surface area (TPSA) is 53.1 Å². The molecule has 0 spiro atoms. The first-order valence-electron chi connectivity index (χ1n) is 6.05. The summed E-state index contributed by atoms with van der Waals surface area (Å²) in [6.45, 7) is 6.00. The summed E-state index contributed by atoms with van der Waals surface area (Å²) in [6.07, 6.45) is 0.162. The van der Waals surface area contributed by atoms with Crippen molar-refractivity contribution in [2.24, 2.45) is 7.05 Å². The van der Waals surface area contributed by atoms with Gasteiger partial charge in [-0.05, 0) is 32.9 Å². The molecule has 0 unspecified atom stereocenters. The van der Waals surface area contributed by atoms with Crippen LogP contribution in [-0.2, 0) is 7.05 Å². The molecule has 4 heteroatoms. The van der Waals surface area contributed by atoms with E-state index in [-0.39, 0.29) is 6.10 Å². The molecule has 1 aromatic heterocycles. The van der Waals surface area contributed by atoms with E-state index in [1.165, 1.54) is 0 Å². The predicted molar refractivity (Wildman–Crippen MR) is 73.6 cm³/mol. The maximum absolute atomic E-state index is 5.93. The number of aryl methyl sites for hydroxylation is 1. The quantitative estimate of drug-likeness (QED) is 0.904. The summed E-state index contributed by atoms with van der Waals surface area (Å²) in [5.41, 5.74) is 8.86. The molecule has 0 aliphatic rings. The molecule has 96 valence electrons. The Morgan fingerprint density at radius 1 is 1.33 bits per heavy atom. The van der Waals surface area contributed by atoms with Gasteiger partial charge in [-0.3, -0.25) is 4.68 Å². The average Bonchev–Trinajstić information content (AvgIpc) is 2.56. The van der Waals surface area contributed by atoms with E-state index in [0.717, 1.165) is 22.6 Å². The molecule has 2 N–H and O–H groups in total. The number of nitrogens with zero attached hydrogens (tertiary/aromatic N) is 2. The van der Waals surface area contributed by atoms with Crippen LogP contribution >= 0.6 is 0 Å². The summed E-state index contributed by atoms with van der Waals surface area (Å²) in [5.74, 6) is 1.55. The van der Waals surface area contributed by atoms with Gasteiger partial charge in [0.05, 0.1) is 11.8 Å². The van der Waals surface area contributed by atoms with Crippen LogP contribution in [0.5, 0.6) is 5.75 Å². The van der Waals surface area contributed by atoms with Gasteiger partial charge < -0.3 is 10.5 Å². The normalized spacial score (nSPS) is 10.9. The van der Waals surface area contributed by atoms with Crippen LogP contribution in [0.1, 0.15) is 19.4 Å². The van der Waals surface area contributed by atoms with Crippen LogP contribution in [0.4, 0.5) is 5.82 Å². The molecule has 1 heterocycles. The van der Waals surface area contributed by atoms with Gasteiger partial charge in [-0.15, -0.1) is 0 Å². The summed E-state index contributed by atoms with van der Waals surface area (Å²) in [6, 6.07) is 7.93. The largest absolute Gasteiger partial charge is 0.491 e. The van der Waals surface area contributed by atoms with E-state index in [9.17, 15) is 0 Å². The van der Waals surface area contributed by atoms with Crippen molar-refractivity contribution < 1.29 is 4.74 Å². The van der Waals surface area contributed by atoms with Gasteiger partial charge in [-0.25, -0.2) is 0 Å². The van der Waals surface area contributed by atoms with Gasteiger partial charge in [-0.1, -0.05) is 12.1 Å². The number of aromatic nitrogens is 2. The zero-order valence-corrected chi connectivity index (χ0v) is 11.3. The molecule has 0 saturated heterocycles. The summed E-state index contributed by atoms with van der Waals surface area (Å²) in [5, 5.41) is 4.44. The van der Waals surface area contributed by atoms with Crippen molar-refractivity contribution in [3.05, 3.63) is 29.8 Å². The number of hydrogen-bond acceptors (Lipinski definition) is 3. The second kappa shape index (κ2) is 4.72. The first kappa shape index (κ1) is 12.5. The summed E-state index contributed by atoms with van der Waals surface area (Å²) in [4.78, 5) is 0. The number of nitrogens with two attached hydrogens (primary N) is 1. The van der Waals surface area contributed by atoms with E-state index in [1.807, 2.05) is 52.1 Å². The highest BCUT2D eigenvalue weighted by atomic mass is 16.5. The molecule has 0 radical (unpaired) electrons. The van der Waals surface area contributed by atoms with Gasteiger partial charge in [-0.2, -0.15) is 5.10 Å². The lowest BCUT2D eigenvalue weighted by molar-refractivity contribution is 0.242. The number of rotatable bonds is 3. The smallest absolute Gasteiger partial charge is 0.124 e. The molecule has 0 fully saturated rings. The van der Waals surface area contributed by atoms with Crippen molar-refractivity contribution in [1.29, 1.82) is 0 Å². The molecular formula is C14H19N3O. The van der Waals surface area contributed by atoms with E-state index >= 15 is 0 Å². The highest BCUT2D eigenvalue weighted by Crippen LogP contribution is 2.28. The fourth-order valence-electron chi connectivity index (χ4n) is 1.91. The van der Waals surface area contributed by atoms with Crippen molar-refractivity contribution in [3.8, 4) is 17.0 Å².